The molecule has 0 radical (unpaired) electrons. The van der Waals surface area contributed by atoms with Crippen LogP contribution in [0, 0.1) is 6.92 Å². The van der Waals surface area contributed by atoms with Crippen LogP contribution in [0.15, 0.2) is 146 Å². The zero-order valence-electron chi connectivity index (χ0n) is 24.5. The quantitative estimate of drug-likeness (QED) is 0.185. The van der Waals surface area contributed by atoms with E-state index in [1.807, 2.05) is 0 Å². The Labute approximate surface area is 267 Å². The van der Waals surface area contributed by atoms with Gasteiger partial charge in [0.2, 0.25) is 0 Å². The molecule has 7 aromatic rings. The molecule has 0 saturated carbocycles. The molecule has 0 spiro atoms. The van der Waals surface area contributed by atoms with E-state index in [0.717, 1.165) is 77.5 Å². The molecule has 1 unspecified atom stereocenters. The molecule has 9 rings (SSSR count). The molecule has 0 aliphatic carbocycles. The molecule has 1 atom stereocenters. The minimum Gasteiger partial charge on any atom is -0.456 e. The summed E-state index contributed by atoms with van der Waals surface area (Å²) in [6.45, 7) is 2.10. The molecule has 0 saturated heterocycles. The second-order valence-corrected chi connectivity index (χ2v) is 16.0. The number of aryl methyl sites for hydroxylation is 1. The van der Waals surface area contributed by atoms with Gasteiger partial charge in [0, 0.05) is 10.6 Å². The highest BCUT2D eigenvalue weighted by molar-refractivity contribution is 8.26. The summed E-state index contributed by atoms with van der Waals surface area (Å²) in [6, 6.07) is 48.9. The number of hydrogen-bond acceptors (Lipinski definition) is 3. The van der Waals surface area contributed by atoms with Crippen molar-refractivity contribution >= 4 is 44.5 Å². The average molecular weight is 615 g/mol. The van der Waals surface area contributed by atoms with E-state index in [4.69, 9.17) is 21.3 Å². The van der Waals surface area contributed by atoms with Crippen molar-refractivity contribution in [2.45, 2.75) is 6.92 Å². The molecule has 2 aliphatic rings. The highest BCUT2D eigenvalue weighted by atomic mass is 32.4. The van der Waals surface area contributed by atoms with Crippen molar-refractivity contribution in [2.75, 3.05) is 0 Å². The maximum Gasteiger partial charge on any atom is 0.140 e. The molecule has 2 nitrogen and oxygen atoms in total. The van der Waals surface area contributed by atoms with Crippen molar-refractivity contribution < 1.29 is 9.47 Å². The predicted molar refractivity (Wildman–Crippen MR) is 191 cm³/mol. The van der Waals surface area contributed by atoms with Crippen LogP contribution in [0.4, 0.5) is 0 Å². The summed E-state index contributed by atoms with van der Waals surface area (Å²) >= 11 is 6.91. The van der Waals surface area contributed by atoms with Crippen LogP contribution in [0.1, 0.15) is 5.56 Å². The van der Waals surface area contributed by atoms with E-state index in [2.05, 4.69) is 153 Å². The third-order valence-electron chi connectivity index (χ3n) is 8.91. The van der Waals surface area contributed by atoms with E-state index in [-0.39, 0.29) is 0 Å². The van der Waals surface area contributed by atoms with Gasteiger partial charge in [-0.1, -0.05) is 109 Å². The Bertz CT molecular complexity index is 2310. The first-order valence-corrected chi connectivity index (χ1v) is 17.9. The van der Waals surface area contributed by atoms with Gasteiger partial charge in [-0.15, -0.1) is 0 Å². The topological polar surface area (TPSA) is 18.5 Å². The van der Waals surface area contributed by atoms with Gasteiger partial charge in [-0.05, 0) is 105 Å². The van der Waals surface area contributed by atoms with Crippen LogP contribution < -0.4 is 25.4 Å². The van der Waals surface area contributed by atoms with Crippen LogP contribution in [0.25, 0.3) is 44.2 Å². The Balaban J connectivity index is 1.31. The number of rotatable bonds is 3. The van der Waals surface area contributed by atoms with Crippen molar-refractivity contribution in [1.29, 1.82) is 0 Å². The molecule has 45 heavy (non-hydrogen) atoms. The zero-order valence-corrected chi connectivity index (χ0v) is 26.2. The highest BCUT2D eigenvalue weighted by Crippen LogP contribution is 2.60. The van der Waals surface area contributed by atoms with Crippen molar-refractivity contribution in [3.05, 3.63) is 151 Å². The summed E-state index contributed by atoms with van der Waals surface area (Å²) in [6.07, 6.45) is 0. The highest BCUT2D eigenvalue weighted by Gasteiger charge is 2.44. The summed E-state index contributed by atoms with van der Waals surface area (Å²) in [5.41, 5.74) is 7.92. The minimum atomic E-state index is -2.52. The van der Waals surface area contributed by atoms with Gasteiger partial charge in [-0.25, -0.2) is 0 Å². The third kappa shape index (κ3) is 4.12. The molecule has 0 N–H and O–H groups in total. The van der Waals surface area contributed by atoms with Gasteiger partial charge in [-0.2, -0.15) is 0 Å². The van der Waals surface area contributed by atoms with Crippen LogP contribution in [0.2, 0.25) is 0 Å². The summed E-state index contributed by atoms with van der Waals surface area (Å²) in [7, 11) is 0. The van der Waals surface area contributed by atoms with Crippen LogP contribution >= 0.6 is 6.04 Å². The molecule has 214 valence electrons. The SMILES string of the molecule is Cc1ccc2c(c1)Oc1cc(-c3cc(-c4ccccc4)cc(-c4ccccc4)c3)cc3c1P2(=S)c1c(ccc2ccccc12)O3. The van der Waals surface area contributed by atoms with Crippen molar-refractivity contribution in [2.24, 2.45) is 0 Å². The lowest BCUT2D eigenvalue weighted by atomic mass is 9.93. The fraction of sp³-hybridized carbons (Fsp3) is 0.0244. The van der Waals surface area contributed by atoms with Crippen molar-refractivity contribution in [1.82, 2.24) is 0 Å². The van der Waals surface area contributed by atoms with Crippen LogP contribution in [-0.4, -0.2) is 0 Å². The molecule has 0 amide bonds. The molecule has 4 heteroatoms. The normalized spacial score (nSPS) is 15.8. The Hall–Kier alpha value is -4.95. The maximum atomic E-state index is 6.91. The first-order valence-electron chi connectivity index (χ1n) is 15.1. The van der Waals surface area contributed by atoms with Gasteiger partial charge in [0.05, 0.1) is 11.3 Å². The number of ether oxygens (including phenoxy) is 2. The van der Waals surface area contributed by atoms with E-state index in [9.17, 15) is 0 Å². The zero-order chi connectivity index (χ0) is 30.1. The molecule has 0 fully saturated rings. The van der Waals surface area contributed by atoms with E-state index >= 15 is 0 Å². The second kappa shape index (κ2) is 10.0. The third-order valence-corrected chi connectivity index (χ3v) is 13.8. The van der Waals surface area contributed by atoms with Crippen LogP contribution in [0.3, 0.4) is 0 Å². The number of hydrogen-bond donors (Lipinski definition) is 0. The Morgan fingerprint density at radius 1 is 0.444 bits per heavy atom. The summed E-state index contributed by atoms with van der Waals surface area (Å²) in [5, 5.41) is 5.52. The van der Waals surface area contributed by atoms with E-state index in [1.165, 1.54) is 11.1 Å². The Morgan fingerprint density at radius 2 is 1.00 bits per heavy atom. The van der Waals surface area contributed by atoms with E-state index < -0.39 is 6.04 Å². The van der Waals surface area contributed by atoms with Gasteiger partial charge >= 0.3 is 0 Å². The lowest BCUT2D eigenvalue weighted by Crippen LogP contribution is -2.35. The fourth-order valence-corrected chi connectivity index (χ4v) is 11.6. The minimum absolute atomic E-state index is 0.784. The molecule has 0 aromatic heterocycles. The fourth-order valence-electron chi connectivity index (χ4n) is 6.80. The standard InChI is InChI=1S/C41H27O2PS/c1-26-16-19-39-36(20-26)43-38-25-33(24-37-41(38)44(39,45)40-34-15-9-8-14-29(34)17-18-35(40)42-37)32-22-30(27-10-4-2-5-11-27)21-31(23-32)28-12-6-3-7-13-28/h2-25H,1H3. The first-order chi connectivity index (χ1) is 22.1. The molecule has 2 aliphatic heterocycles. The van der Waals surface area contributed by atoms with Crippen molar-refractivity contribution in [3.8, 4) is 56.4 Å². The number of benzene rings is 7. The maximum absolute atomic E-state index is 6.91. The molecule has 7 aromatic carbocycles. The monoisotopic (exact) mass is 614 g/mol. The number of fused-ring (bicyclic) bond motifs is 6. The molecule has 0 bridgehead atoms. The Kier molecular flexibility index (Phi) is 5.90. The summed E-state index contributed by atoms with van der Waals surface area (Å²) in [5.74, 6) is 3.25. The first kappa shape index (κ1) is 26.5. The predicted octanol–water partition coefficient (Wildman–Crippen LogP) is 10.1. The molecular formula is C41H27O2PS. The lowest BCUT2D eigenvalue weighted by molar-refractivity contribution is 0.467. The summed E-state index contributed by atoms with van der Waals surface area (Å²) < 4.78 is 13.6. The van der Waals surface area contributed by atoms with Crippen LogP contribution in [-0.2, 0) is 11.8 Å². The smallest absolute Gasteiger partial charge is 0.140 e. The van der Waals surface area contributed by atoms with Gasteiger partial charge in [0.25, 0.3) is 0 Å². The van der Waals surface area contributed by atoms with Gasteiger partial charge in [0.1, 0.15) is 23.0 Å². The van der Waals surface area contributed by atoms with Crippen LogP contribution in [0.5, 0.6) is 23.0 Å². The van der Waals surface area contributed by atoms with Gasteiger partial charge < -0.3 is 9.47 Å². The van der Waals surface area contributed by atoms with Gasteiger partial charge in [-0.3, -0.25) is 0 Å². The second-order valence-electron chi connectivity index (χ2n) is 11.8. The van der Waals surface area contributed by atoms with E-state index in [0.29, 0.717) is 0 Å². The Morgan fingerprint density at radius 3 is 1.67 bits per heavy atom. The average Bonchev–Trinajstić information content (AvgIpc) is 3.08. The van der Waals surface area contributed by atoms with Crippen molar-refractivity contribution in [3.63, 3.8) is 0 Å². The summed E-state index contributed by atoms with van der Waals surface area (Å²) in [4.78, 5) is 0. The van der Waals surface area contributed by atoms with Gasteiger partial charge in [0.15, 0.2) is 0 Å². The molecule has 2 heterocycles. The molecular weight excluding hydrogens is 587 g/mol. The largest absolute Gasteiger partial charge is 0.456 e. The van der Waals surface area contributed by atoms with E-state index in [1.54, 1.807) is 0 Å². The lowest BCUT2D eigenvalue weighted by Gasteiger charge is -2.38.